The summed E-state index contributed by atoms with van der Waals surface area (Å²) >= 11 is 0. The molecule has 4 nitrogen and oxygen atoms in total. The number of likely N-dealkylation sites (tertiary alicyclic amines) is 2. The Balaban J connectivity index is 1.40. The highest BCUT2D eigenvalue weighted by Gasteiger charge is 2.34. The quantitative estimate of drug-likeness (QED) is 0.701. The van der Waals surface area contributed by atoms with E-state index in [0.717, 1.165) is 50.9 Å². The second-order valence-corrected chi connectivity index (χ2v) is 8.81. The number of carbonyl (C=O) groups is 1. The summed E-state index contributed by atoms with van der Waals surface area (Å²) in [6, 6.07) is 16.7. The van der Waals surface area contributed by atoms with Crippen LogP contribution in [0, 0.1) is 23.1 Å². The third kappa shape index (κ3) is 5.14. The van der Waals surface area contributed by atoms with E-state index in [-0.39, 0.29) is 11.7 Å². The average Bonchev–Trinajstić information content (AvgIpc) is 3.07. The average molecular weight is 420 g/mol. The summed E-state index contributed by atoms with van der Waals surface area (Å²) in [5, 5.41) is 8.93. The Bertz CT molecular complexity index is 931. The number of nitriles is 1. The van der Waals surface area contributed by atoms with Gasteiger partial charge in [-0.2, -0.15) is 5.26 Å². The van der Waals surface area contributed by atoms with Crippen LogP contribution in [0.25, 0.3) is 0 Å². The van der Waals surface area contributed by atoms with Crippen LogP contribution in [0.5, 0.6) is 0 Å². The highest BCUT2D eigenvalue weighted by atomic mass is 19.1. The summed E-state index contributed by atoms with van der Waals surface area (Å²) in [7, 11) is 0. The number of benzene rings is 2. The lowest BCUT2D eigenvalue weighted by Crippen LogP contribution is -2.47. The van der Waals surface area contributed by atoms with Gasteiger partial charge in [0.15, 0.2) is 0 Å². The van der Waals surface area contributed by atoms with Gasteiger partial charge < -0.3 is 4.90 Å². The number of rotatable bonds is 4. The molecule has 1 atom stereocenters. The molecule has 2 aromatic rings. The van der Waals surface area contributed by atoms with E-state index >= 15 is 0 Å². The Morgan fingerprint density at radius 1 is 1.00 bits per heavy atom. The van der Waals surface area contributed by atoms with Crippen LogP contribution < -0.4 is 0 Å². The maximum absolute atomic E-state index is 14.3. The van der Waals surface area contributed by atoms with Crippen molar-refractivity contribution in [3.63, 3.8) is 0 Å². The van der Waals surface area contributed by atoms with E-state index in [0.29, 0.717) is 29.6 Å². The minimum atomic E-state index is -0.301. The van der Waals surface area contributed by atoms with E-state index in [9.17, 15) is 9.18 Å². The Kier molecular flexibility index (Phi) is 6.99. The fourth-order valence-corrected chi connectivity index (χ4v) is 5.10. The molecule has 5 heteroatoms. The minimum Gasteiger partial charge on any atom is -0.335 e. The largest absolute Gasteiger partial charge is 0.335 e. The Morgan fingerprint density at radius 2 is 1.77 bits per heavy atom. The normalized spacial score (nSPS) is 20.8. The molecule has 2 saturated heterocycles. The van der Waals surface area contributed by atoms with E-state index in [1.807, 2.05) is 36.4 Å². The summed E-state index contributed by atoms with van der Waals surface area (Å²) in [6.45, 7) is 3.23. The fraction of sp³-hybridized carbons (Fsp3) is 0.462. The van der Waals surface area contributed by atoms with Crippen molar-refractivity contribution in [1.82, 2.24) is 9.80 Å². The van der Waals surface area contributed by atoms with Crippen LogP contribution >= 0.6 is 0 Å². The first kappa shape index (κ1) is 21.5. The van der Waals surface area contributed by atoms with Crippen LogP contribution in [-0.4, -0.2) is 41.4 Å². The first-order valence-corrected chi connectivity index (χ1v) is 11.4. The minimum absolute atomic E-state index is 0.162. The molecule has 0 spiro atoms. The van der Waals surface area contributed by atoms with Crippen LogP contribution in [-0.2, 0) is 6.54 Å². The van der Waals surface area contributed by atoms with Gasteiger partial charge in [-0.3, -0.25) is 9.69 Å². The molecule has 2 aromatic carbocycles. The van der Waals surface area contributed by atoms with Crippen molar-refractivity contribution in [2.45, 2.75) is 51.1 Å². The first-order valence-electron chi connectivity index (χ1n) is 11.4. The highest BCUT2D eigenvalue weighted by molar-refractivity contribution is 5.94. The number of carbonyl (C=O) groups excluding carboxylic acids is 1. The van der Waals surface area contributed by atoms with Crippen molar-refractivity contribution < 1.29 is 9.18 Å². The lowest BCUT2D eigenvalue weighted by atomic mass is 9.85. The third-order valence-corrected chi connectivity index (χ3v) is 6.83. The van der Waals surface area contributed by atoms with E-state index < -0.39 is 0 Å². The highest BCUT2D eigenvalue weighted by Crippen LogP contribution is 2.31. The van der Waals surface area contributed by atoms with Crippen molar-refractivity contribution in [3.05, 3.63) is 71.0 Å². The molecule has 2 heterocycles. The number of amides is 1. The molecule has 0 radical (unpaired) electrons. The summed E-state index contributed by atoms with van der Waals surface area (Å²) in [4.78, 5) is 17.7. The van der Waals surface area contributed by atoms with Gasteiger partial charge in [-0.1, -0.05) is 37.1 Å². The molecule has 2 fully saturated rings. The lowest BCUT2D eigenvalue weighted by Gasteiger charge is -2.41. The third-order valence-electron chi connectivity index (χ3n) is 6.83. The molecule has 162 valence electrons. The maximum Gasteiger partial charge on any atom is 0.254 e. The van der Waals surface area contributed by atoms with Gasteiger partial charge in [0.1, 0.15) is 5.82 Å². The molecule has 2 aliphatic heterocycles. The maximum atomic E-state index is 14.3. The van der Waals surface area contributed by atoms with Gasteiger partial charge in [0.2, 0.25) is 0 Å². The molecule has 0 aromatic heterocycles. The predicted octanol–water partition coefficient (Wildman–Crippen LogP) is 4.99. The molecule has 0 saturated carbocycles. The van der Waals surface area contributed by atoms with E-state index in [4.69, 9.17) is 5.26 Å². The molecular weight excluding hydrogens is 389 g/mol. The molecule has 4 rings (SSSR count). The van der Waals surface area contributed by atoms with E-state index in [1.54, 1.807) is 12.1 Å². The first-order chi connectivity index (χ1) is 15.2. The lowest BCUT2D eigenvalue weighted by molar-refractivity contribution is 0.0514. The summed E-state index contributed by atoms with van der Waals surface area (Å²) in [5.74, 6) is 0.354. The van der Waals surface area contributed by atoms with Crippen LogP contribution in [0.3, 0.4) is 0 Å². The summed E-state index contributed by atoms with van der Waals surface area (Å²) in [5.41, 5.74) is 1.78. The van der Waals surface area contributed by atoms with E-state index in [1.165, 1.54) is 18.9 Å². The van der Waals surface area contributed by atoms with Crippen LogP contribution in [0.1, 0.15) is 60.0 Å². The molecule has 0 aliphatic carbocycles. The van der Waals surface area contributed by atoms with Gasteiger partial charge in [0, 0.05) is 30.3 Å². The van der Waals surface area contributed by atoms with Crippen molar-refractivity contribution in [2.24, 2.45) is 5.92 Å². The van der Waals surface area contributed by atoms with Crippen molar-refractivity contribution in [1.29, 1.82) is 5.26 Å². The van der Waals surface area contributed by atoms with Gasteiger partial charge in [0.05, 0.1) is 11.6 Å². The zero-order chi connectivity index (χ0) is 21.6. The standard InChI is InChI=1S/C26H30FN3O/c27-24-17-20(18-28)10-11-23(24)19-29-15-12-21(13-16-29)25-9-5-2-6-14-30(25)26(31)22-7-3-1-4-8-22/h1,3-4,7-8,10-11,17,21,25H,2,5-6,9,12-16,19H2. The van der Waals surface area contributed by atoms with Gasteiger partial charge >= 0.3 is 0 Å². The molecule has 31 heavy (non-hydrogen) atoms. The fourth-order valence-electron chi connectivity index (χ4n) is 5.10. The molecule has 1 amide bonds. The van der Waals surface area contributed by atoms with Crippen molar-refractivity contribution in [3.8, 4) is 6.07 Å². The molecular formula is C26H30FN3O. The molecule has 0 N–H and O–H groups in total. The van der Waals surface area contributed by atoms with Crippen LogP contribution in [0.2, 0.25) is 0 Å². The number of halogens is 1. The predicted molar refractivity (Wildman–Crippen MR) is 119 cm³/mol. The summed E-state index contributed by atoms with van der Waals surface area (Å²) < 4.78 is 14.3. The molecule has 0 bridgehead atoms. The molecule has 2 aliphatic rings. The number of piperidine rings is 1. The van der Waals surface area contributed by atoms with Gasteiger partial charge in [-0.15, -0.1) is 0 Å². The zero-order valence-electron chi connectivity index (χ0n) is 18.0. The number of hydrogen-bond acceptors (Lipinski definition) is 3. The van der Waals surface area contributed by atoms with Crippen molar-refractivity contribution in [2.75, 3.05) is 19.6 Å². The Morgan fingerprint density at radius 3 is 2.48 bits per heavy atom. The summed E-state index contributed by atoms with van der Waals surface area (Å²) in [6.07, 6.45) is 6.58. The van der Waals surface area contributed by atoms with Gasteiger partial charge in [-0.05, 0) is 69.0 Å². The number of nitrogens with zero attached hydrogens (tertiary/aromatic N) is 3. The second-order valence-electron chi connectivity index (χ2n) is 8.81. The van der Waals surface area contributed by atoms with Crippen LogP contribution in [0.15, 0.2) is 48.5 Å². The van der Waals surface area contributed by atoms with Crippen molar-refractivity contribution >= 4 is 5.91 Å². The van der Waals surface area contributed by atoms with Gasteiger partial charge in [-0.25, -0.2) is 4.39 Å². The SMILES string of the molecule is N#Cc1ccc(CN2CCC(C3CCCCCN3C(=O)c3ccccc3)CC2)c(F)c1. The Labute approximate surface area is 184 Å². The van der Waals surface area contributed by atoms with Gasteiger partial charge in [0.25, 0.3) is 5.91 Å². The molecule has 1 unspecified atom stereocenters. The number of hydrogen-bond donors (Lipinski definition) is 0. The zero-order valence-corrected chi connectivity index (χ0v) is 18.0. The topological polar surface area (TPSA) is 47.3 Å². The second kappa shape index (κ2) is 10.1. The smallest absolute Gasteiger partial charge is 0.254 e. The van der Waals surface area contributed by atoms with E-state index in [2.05, 4.69) is 9.80 Å². The van der Waals surface area contributed by atoms with Crippen LogP contribution in [0.4, 0.5) is 4.39 Å². The monoisotopic (exact) mass is 419 g/mol. The Hall–Kier alpha value is -2.71.